The molecule has 7 heteroatoms. The molecule has 0 fully saturated rings. The maximum Gasteiger partial charge on any atom is 0.162 e. The number of methoxy groups -OCH3 is 1. The van der Waals surface area contributed by atoms with Crippen molar-refractivity contribution in [1.29, 1.82) is 0 Å². The molecule has 28 heavy (non-hydrogen) atoms. The number of nitrogens with one attached hydrogen (secondary N) is 1. The van der Waals surface area contributed by atoms with E-state index in [1.165, 1.54) is 0 Å². The second-order valence-corrected chi connectivity index (χ2v) is 6.67. The average molecular weight is 383 g/mol. The summed E-state index contributed by atoms with van der Waals surface area (Å²) < 4.78 is 11.4. The summed E-state index contributed by atoms with van der Waals surface area (Å²) in [5.74, 6) is 7.22. The van der Waals surface area contributed by atoms with Gasteiger partial charge in [-0.15, -0.1) is 0 Å². The van der Waals surface area contributed by atoms with Gasteiger partial charge >= 0.3 is 0 Å². The molecule has 1 aromatic heterocycles. The summed E-state index contributed by atoms with van der Waals surface area (Å²) in [6, 6.07) is 9.27. The standard InChI is InChI=1S/C21H25N3O4/c1-12(2)28-19-7-14-6-15(10-25)17(11-26)21(16(14)9-18(19)27-3)13-4-5-23-20(8-13)24-22/h4-9,12,25-26H,10-11,22H2,1-3H3,(H,23,24). The molecule has 0 unspecified atom stereocenters. The first kappa shape index (κ1) is 19.9. The predicted octanol–water partition coefficient (Wildman–Crippen LogP) is 2.97. The van der Waals surface area contributed by atoms with Gasteiger partial charge in [0, 0.05) is 6.20 Å². The Morgan fingerprint density at radius 2 is 1.89 bits per heavy atom. The maximum atomic E-state index is 10.1. The third-order valence-corrected chi connectivity index (χ3v) is 4.51. The van der Waals surface area contributed by atoms with Crippen molar-refractivity contribution in [2.45, 2.75) is 33.2 Å². The van der Waals surface area contributed by atoms with Crippen molar-refractivity contribution in [1.82, 2.24) is 4.98 Å². The Balaban J connectivity index is 2.38. The van der Waals surface area contributed by atoms with E-state index in [1.54, 1.807) is 19.4 Å². The van der Waals surface area contributed by atoms with Crippen molar-refractivity contribution in [3.8, 4) is 22.6 Å². The fraction of sp³-hybridized carbons (Fsp3) is 0.286. The quantitative estimate of drug-likeness (QED) is 0.367. The van der Waals surface area contributed by atoms with E-state index in [-0.39, 0.29) is 19.3 Å². The third-order valence-electron chi connectivity index (χ3n) is 4.51. The largest absolute Gasteiger partial charge is 0.493 e. The number of aliphatic hydroxyl groups is 2. The first-order valence-corrected chi connectivity index (χ1v) is 9.00. The van der Waals surface area contributed by atoms with Crippen LogP contribution in [0.2, 0.25) is 0 Å². The van der Waals surface area contributed by atoms with Gasteiger partial charge in [0.15, 0.2) is 11.5 Å². The molecule has 0 aliphatic carbocycles. The second-order valence-electron chi connectivity index (χ2n) is 6.67. The zero-order valence-corrected chi connectivity index (χ0v) is 16.2. The number of hydrogen-bond donors (Lipinski definition) is 4. The molecule has 0 amide bonds. The number of hydrazine groups is 1. The summed E-state index contributed by atoms with van der Waals surface area (Å²) in [5.41, 5.74) is 5.42. The number of benzene rings is 2. The lowest BCUT2D eigenvalue weighted by atomic mass is 9.90. The van der Waals surface area contributed by atoms with Gasteiger partial charge in [0.2, 0.25) is 0 Å². The van der Waals surface area contributed by atoms with Crippen LogP contribution in [0, 0.1) is 0 Å². The summed E-state index contributed by atoms with van der Waals surface area (Å²) in [6.07, 6.45) is 1.62. The molecule has 7 nitrogen and oxygen atoms in total. The average Bonchev–Trinajstić information content (AvgIpc) is 2.71. The molecular formula is C21H25N3O4. The third kappa shape index (κ3) is 3.73. The minimum atomic E-state index is -0.221. The first-order valence-electron chi connectivity index (χ1n) is 9.00. The Labute approximate surface area is 163 Å². The van der Waals surface area contributed by atoms with E-state index in [9.17, 15) is 10.2 Å². The highest BCUT2D eigenvalue weighted by Crippen LogP contribution is 2.41. The summed E-state index contributed by atoms with van der Waals surface area (Å²) in [4.78, 5) is 4.15. The SMILES string of the molecule is COc1cc2c(-c3ccnc(NN)c3)c(CO)c(CO)cc2cc1OC(C)C. The monoisotopic (exact) mass is 383 g/mol. The molecule has 3 rings (SSSR count). The molecule has 0 bridgehead atoms. The molecule has 0 radical (unpaired) electrons. The van der Waals surface area contributed by atoms with E-state index in [0.29, 0.717) is 28.4 Å². The van der Waals surface area contributed by atoms with Gasteiger partial charge in [-0.1, -0.05) is 0 Å². The van der Waals surface area contributed by atoms with Gasteiger partial charge in [0.05, 0.1) is 26.4 Å². The Hall–Kier alpha value is -2.87. The molecule has 0 aliphatic rings. The lowest BCUT2D eigenvalue weighted by Crippen LogP contribution is -2.08. The Morgan fingerprint density at radius 3 is 2.50 bits per heavy atom. The molecule has 1 heterocycles. The molecular weight excluding hydrogens is 358 g/mol. The normalized spacial score (nSPS) is 11.1. The molecule has 0 saturated heterocycles. The van der Waals surface area contributed by atoms with Crippen molar-refractivity contribution in [2.75, 3.05) is 12.5 Å². The van der Waals surface area contributed by atoms with Crippen LogP contribution < -0.4 is 20.7 Å². The summed E-state index contributed by atoms with van der Waals surface area (Å²) in [5, 5.41) is 21.7. The van der Waals surface area contributed by atoms with Crippen LogP contribution in [-0.4, -0.2) is 28.4 Å². The van der Waals surface area contributed by atoms with E-state index in [2.05, 4.69) is 10.4 Å². The van der Waals surface area contributed by atoms with E-state index < -0.39 is 0 Å². The van der Waals surface area contributed by atoms with Crippen molar-refractivity contribution < 1.29 is 19.7 Å². The van der Waals surface area contributed by atoms with Crippen LogP contribution in [0.5, 0.6) is 11.5 Å². The number of pyridine rings is 1. The van der Waals surface area contributed by atoms with Gasteiger partial charge in [-0.2, -0.15) is 0 Å². The number of rotatable bonds is 7. The highest BCUT2D eigenvalue weighted by molar-refractivity contribution is 6.01. The Bertz CT molecular complexity index is 989. The topological polar surface area (TPSA) is 110 Å². The Morgan fingerprint density at radius 1 is 1.11 bits per heavy atom. The van der Waals surface area contributed by atoms with E-state index >= 15 is 0 Å². The molecule has 2 aromatic carbocycles. The first-order chi connectivity index (χ1) is 13.5. The summed E-state index contributed by atoms with van der Waals surface area (Å²) in [6.45, 7) is 3.47. The van der Waals surface area contributed by atoms with Crippen LogP contribution in [-0.2, 0) is 13.2 Å². The van der Waals surface area contributed by atoms with Crippen molar-refractivity contribution >= 4 is 16.6 Å². The number of hydrogen-bond acceptors (Lipinski definition) is 7. The van der Waals surface area contributed by atoms with Crippen molar-refractivity contribution in [3.05, 3.63) is 47.7 Å². The smallest absolute Gasteiger partial charge is 0.162 e. The number of anilines is 1. The molecule has 0 aliphatic heterocycles. The van der Waals surface area contributed by atoms with Gasteiger partial charge < -0.3 is 25.1 Å². The van der Waals surface area contributed by atoms with Gasteiger partial charge in [-0.3, -0.25) is 0 Å². The maximum absolute atomic E-state index is 10.1. The Kier molecular flexibility index (Phi) is 5.99. The molecule has 0 spiro atoms. The van der Waals surface area contributed by atoms with Gasteiger partial charge in [-0.05, 0) is 77.2 Å². The van der Waals surface area contributed by atoms with Crippen molar-refractivity contribution in [2.24, 2.45) is 5.84 Å². The number of ether oxygens (including phenoxy) is 2. The van der Waals surface area contributed by atoms with Crippen LogP contribution in [0.4, 0.5) is 5.82 Å². The van der Waals surface area contributed by atoms with E-state index in [0.717, 1.165) is 21.9 Å². The second kappa shape index (κ2) is 8.43. The van der Waals surface area contributed by atoms with Crippen LogP contribution in [0.3, 0.4) is 0 Å². The van der Waals surface area contributed by atoms with Crippen LogP contribution in [0.25, 0.3) is 21.9 Å². The van der Waals surface area contributed by atoms with Gasteiger partial charge in [0.1, 0.15) is 5.82 Å². The minimum absolute atomic E-state index is 0.0155. The van der Waals surface area contributed by atoms with E-state index in [1.807, 2.05) is 38.1 Å². The van der Waals surface area contributed by atoms with Gasteiger partial charge in [-0.25, -0.2) is 10.8 Å². The van der Waals surface area contributed by atoms with Gasteiger partial charge in [0.25, 0.3) is 0 Å². The zero-order valence-electron chi connectivity index (χ0n) is 16.2. The number of aliphatic hydroxyl groups excluding tert-OH is 2. The number of nitrogens with zero attached hydrogens (tertiary/aromatic N) is 1. The zero-order chi connectivity index (χ0) is 20.3. The molecule has 0 saturated carbocycles. The number of fused-ring (bicyclic) bond motifs is 1. The lowest BCUT2D eigenvalue weighted by molar-refractivity contribution is 0.230. The number of nitrogen functional groups attached to an aromatic ring is 1. The molecule has 0 atom stereocenters. The fourth-order valence-electron chi connectivity index (χ4n) is 3.33. The highest BCUT2D eigenvalue weighted by Gasteiger charge is 2.18. The molecule has 148 valence electrons. The van der Waals surface area contributed by atoms with Crippen LogP contribution >= 0.6 is 0 Å². The predicted molar refractivity (Wildman–Crippen MR) is 109 cm³/mol. The highest BCUT2D eigenvalue weighted by atomic mass is 16.5. The molecule has 5 N–H and O–H groups in total. The van der Waals surface area contributed by atoms with Crippen molar-refractivity contribution in [3.63, 3.8) is 0 Å². The van der Waals surface area contributed by atoms with Crippen LogP contribution in [0.1, 0.15) is 25.0 Å². The van der Waals surface area contributed by atoms with E-state index in [4.69, 9.17) is 15.3 Å². The fourth-order valence-corrected chi connectivity index (χ4v) is 3.33. The molecule has 3 aromatic rings. The number of nitrogens with two attached hydrogens (primary N) is 1. The summed E-state index contributed by atoms with van der Waals surface area (Å²) >= 11 is 0. The lowest BCUT2D eigenvalue weighted by Gasteiger charge is -2.19. The summed E-state index contributed by atoms with van der Waals surface area (Å²) in [7, 11) is 1.59. The van der Waals surface area contributed by atoms with Crippen LogP contribution in [0.15, 0.2) is 36.5 Å². The minimum Gasteiger partial charge on any atom is -0.493 e. The number of aromatic nitrogens is 1.